The van der Waals surface area contributed by atoms with Gasteiger partial charge in [0.1, 0.15) is 5.67 Å². The summed E-state index contributed by atoms with van der Waals surface area (Å²) in [4.78, 5) is 11.3. The van der Waals surface area contributed by atoms with Crippen LogP contribution in [0.25, 0.3) is 0 Å². The first kappa shape index (κ1) is 14.6. The number of carboxylic acid groups (broad SMARTS) is 1. The van der Waals surface area contributed by atoms with Crippen LogP contribution in [0.3, 0.4) is 0 Å². The molecule has 0 saturated heterocycles. The number of alkyl halides is 1. The van der Waals surface area contributed by atoms with E-state index in [1.54, 1.807) is 26.0 Å². The molecule has 1 aromatic rings. The Hall–Kier alpha value is -1.78. The molecule has 0 fully saturated rings. The van der Waals surface area contributed by atoms with E-state index in [0.29, 0.717) is 22.6 Å². The van der Waals surface area contributed by atoms with Crippen molar-refractivity contribution in [1.82, 2.24) is 0 Å². The SMILES string of the molecule is CC(C)(Cc1cc2c(cc1C(C)(C)F)OCO2)C(=O)O. The Bertz CT molecular complexity index is 544. The zero-order chi connectivity index (χ0) is 15.1. The van der Waals surface area contributed by atoms with Gasteiger partial charge in [-0.25, -0.2) is 4.39 Å². The van der Waals surface area contributed by atoms with Gasteiger partial charge in [0.05, 0.1) is 5.41 Å². The third-order valence-corrected chi connectivity index (χ3v) is 3.45. The summed E-state index contributed by atoms with van der Waals surface area (Å²) >= 11 is 0. The van der Waals surface area contributed by atoms with Crippen LogP contribution < -0.4 is 9.47 Å². The van der Waals surface area contributed by atoms with Gasteiger partial charge in [-0.1, -0.05) is 0 Å². The molecule has 1 aliphatic rings. The minimum Gasteiger partial charge on any atom is -0.481 e. The molecule has 2 rings (SSSR count). The Kier molecular flexibility index (Phi) is 3.40. The lowest BCUT2D eigenvalue weighted by Crippen LogP contribution is -2.27. The molecule has 1 N–H and O–H groups in total. The van der Waals surface area contributed by atoms with E-state index >= 15 is 0 Å². The molecule has 0 unspecified atom stereocenters. The molecule has 1 aliphatic heterocycles. The Morgan fingerprint density at radius 3 is 2.30 bits per heavy atom. The van der Waals surface area contributed by atoms with Crippen molar-refractivity contribution in [3.05, 3.63) is 23.3 Å². The summed E-state index contributed by atoms with van der Waals surface area (Å²) in [6.45, 7) is 6.24. The van der Waals surface area contributed by atoms with Crippen molar-refractivity contribution in [3.8, 4) is 11.5 Å². The maximum atomic E-state index is 14.4. The molecule has 0 saturated carbocycles. The van der Waals surface area contributed by atoms with E-state index in [0.717, 1.165) is 0 Å². The number of rotatable bonds is 4. The maximum absolute atomic E-state index is 14.4. The number of hydrogen-bond donors (Lipinski definition) is 1. The highest BCUT2D eigenvalue weighted by Gasteiger charge is 2.33. The van der Waals surface area contributed by atoms with Gasteiger partial charge in [0, 0.05) is 0 Å². The van der Waals surface area contributed by atoms with E-state index in [1.165, 1.54) is 13.8 Å². The van der Waals surface area contributed by atoms with Gasteiger partial charge in [-0.15, -0.1) is 0 Å². The van der Waals surface area contributed by atoms with Crippen LogP contribution >= 0.6 is 0 Å². The van der Waals surface area contributed by atoms with Gasteiger partial charge < -0.3 is 14.6 Å². The second-order valence-electron chi connectivity index (χ2n) is 6.20. The van der Waals surface area contributed by atoms with Crippen molar-refractivity contribution in [2.75, 3.05) is 6.79 Å². The molecule has 20 heavy (non-hydrogen) atoms. The van der Waals surface area contributed by atoms with Crippen molar-refractivity contribution >= 4 is 5.97 Å². The van der Waals surface area contributed by atoms with E-state index in [4.69, 9.17) is 9.47 Å². The maximum Gasteiger partial charge on any atom is 0.309 e. The van der Waals surface area contributed by atoms with Crippen LogP contribution in [-0.4, -0.2) is 17.9 Å². The number of ether oxygens (including phenoxy) is 2. The van der Waals surface area contributed by atoms with E-state index in [-0.39, 0.29) is 13.2 Å². The summed E-state index contributed by atoms with van der Waals surface area (Å²) in [6, 6.07) is 3.29. The van der Waals surface area contributed by atoms with Gasteiger partial charge >= 0.3 is 5.97 Å². The molecular weight excluding hydrogens is 263 g/mol. The van der Waals surface area contributed by atoms with E-state index in [1.807, 2.05) is 0 Å². The lowest BCUT2D eigenvalue weighted by Gasteiger charge is -2.25. The smallest absolute Gasteiger partial charge is 0.309 e. The highest BCUT2D eigenvalue weighted by atomic mass is 19.1. The van der Waals surface area contributed by atoms with Gasteiger partial charge in [0.25, 0.3) is 0 Å². The summed E-state index contributed by atoms with van der Waals surface area (Å²) < 4.78 is 24.9. The van der Waals surface area contributed by atoms with E-state index in [9.17, 15) is 14.3 Å². The molecule has 0 spiro atoms. The Morgan fingerprint density at radius 2 is 1.80 bits per heavy atom. The summed E-state index contributed by atoms with van der Waals surface area (Å²) in [7, 11) is 0. The second-order valence-corrected chi connectivity index (χ2v) is 6.20. The van der Waals surface area contributed by atoms with E-state index < -0.39 is 17.1 Å². The number of benzene rings is 1. The summed E-state index contributed by atoms with van der Waals surface area (Å²) in [5.41, 5.74) is -1.48. The molecule has 5 heteroatoms. The van der Waals surface area contributed by atoms with Crippen LogP contribution in [0.5, 0.6) is 11.5 Å². The number of carbonyl (C=O) groups is 1. The molecule has 1 heterocycles. The third-order valence-electron chi connectivity index (χ3n) is 3.45. The highest BCUT2D eigenvalue weighted by molar-refractivity contribution is 5.74. The standard InChI is InChI=1S/C15H19FO4/c1-14(2,13(17)18)7-9-5-11-12(20-8-19-11)6-10(9)15(3,4)16/h5-6H,7-8H2,1-4H3,(H,17,18). The quantitative estimate of drug-likeness (QED) is 0.920. The number of aliphatic carboxylic acids is 1. The fourth-order valence-corrected chi connectivity index (χ4v) is 2.24. The fraction of sp³-hybridized carbons (Fsp3) is 0.533. The molecule has 0 aromatic heterocycles. The van der Waals surface area contributed by atoms with Crippen LogP contribution in [0.15, 0.2) is 12.1 Å². The van der Waals surface area contributed by atoms with Gasteiger partial charge in [0.15, 0.2) is 11.5 Å². The average Bonchev–Trinajstić information content (AvgIpc) is 2.72. The van der Waals surface area contributed by atoms with Crippen LogP contribution in [0.1, 0.15) is 38.8 Å². The van der Waals surface area contributed by atoms with Crippen molar-refractivity contribution in [3.63, 3.8) is 0 Å². The third kappa shape index (κ3) is 2.71. The van der Waals surface area contributed by atoms with Gasteiger partial charge in [-0.2, -0.15) is 0 Å². The molecule has 1 aromatic carbocycles. The summed E-state index contributed by atoms with van der Waals surface area (Å²) in [6.07, 6.45) is 0.224. The predicted octanol–water partition coefficient (Wildman–Crippen LogP) is 3.27. The minimum atomic E-state index is -1.58. The topological polar surface area (TPSA) is 55.8 Å². The fourth-order valence-electron chi connectivity index (χ4n) is 2.24. The van der Waals surface area contributed by atoms with Crippen molar-refractivity contribution in [1.29, 1.82) is 0 Å². The first-order valence-corrected chi connectivity index (χ1v) is 6.46. The average molecular weight is 282 g/mol. The van der Waals surface area contributed by atoms with Crippen LogP contribution in [0.4, 0.5) is 4.39 Å². The minimum absolute atomic E-state index is 0.104. The van der Waals surface area contributed by atoms with Crippen molar-refractivity contribution in [2.24, 2.45) is 5.41 Å². The van der Waals surface area contributed by atoms with Crippen molar-refractivity contribution in [2.45, 2.75) is 39.8 Å². The first-order valence-electron chi connectivity index (χ1n) is 6.46. The molecule has 0 atom stereocenters. The van der Waals surface area contributed by atoms with Crippen LogP contribution in [-0.2, 0) is 16.9 Å². The molecule has 0 bridgehead atoms. The molecule has 110 valence electrons. The van der Waals surface area contributed by atoms with Crippen molar-refractivity contribution < 1.29 is 23.8 Å². The van der Waals surface area contributed by atoms with E-state index in [2.05, 4.69) is 0 Å². The lowest BCUT2D eigenvalue weighted by molar-refractivity contribution is -0.146. The zero-order valence-electron chi connectivity index (χ0n) is 12.1. The summed E-state index contributed by atoms with van der Waals surface area (Å²) in [5.74, 6) is 0.120. The van der Waals surface area contributed by atoms with Crippen LogP contribution in [0, 0.1) is 5.41 Å². The monoisotopic (exact) mass is 282 g/mol. The first-order chi connectivity index (χ1) is 9.11. The predicted molar refractivity (Wildman–Crippen MR) is 71.8 cm³/mol. The number of hydrogen-bond acceptors (Lipinski definition) is 3. The van der Waals surface area contributed by atoms with Gasteiger partial charge in [-0.3, -0.25) is 4.79 Å². The zero-order valence-corrected chi connectivity index (χ0v) is 12.1. The largest absolute Gasteiger partial charge is 0.481 e. The normalized spacial score (nSPS) is 14.4. The number of halogens is 1. The molecule has 0 amide bonds. The number of fused-ring (bicyclic) bond motifs is 1. The Morgan fingerprint density at radius 1 is 1.25 bits per heavy atom. The molecule has 0 aliphatic carbocycles. The van der Waals surface area contributed by atoms with Gasteiger partial charge in [-0.05, 0) is 57.4 Å². The lowest BCUT2D eigenvalue weighted by atomic mass is 9.81. The summed E-state index contributed by atoms with van der Waals surface area (Å²) in [5, 5.41) is 9.24. The number of carboxylic acids is 1. The van der Waals surface area contributed by atoms with Crippen LogP contribution in [0.2, 0.25) is 0 Å². The highest BCUT2D eigenvalue weighted by Crippen LogP contribution is 2.41. The molecular formula is C15H19FO4. The van der Waals surface area contributed by atoms with Gasteiger partial charge in [0.2, 0.25) is 6.79 Å². The molecule has 4 nitrogen and oxygen atoms in total. The Labute approximate surface area is 117 Å². The Balaban J connectivity index is 2.48. The molecule has 0 radical (unpaired) electrons. The second kappa shape index (κ2) is 4.65.